The van der Waals surface area contributed by atoms with Gasteiger partial charge in [0.2, 0.25) is 0 Å². The van der Waals surface area contributed by atoms with Gasteiger partial charge in [-0.1, -0.05) is 26.2 Å². The Morgan fingerprint density at radius 3 is 2.43 bits per heavy atom. The maximum Gasteiger partial charge on any atom is 0.0260 e. The summed E-state index contributed by atoms with van der Waals surface area (Å²) in [6.45, 7) is 7.52. The van der Waals surface area contributed by atoms with Crippen molar-refractivity contribution in [1.82, 2.24) is 10.2 Å². The average molecular weight is 196 g/mol. The molecule has 2 atom stereocenters. The molecule has 2 aliphatic rings. The van der Waals surface area contributed by atoms with Crippen LogP contribution in [0, 0.1) is 5.92 Å². The highest BCUT2D eigenvalue weighted by molar-refractivity contribution is 4.88. The zero-order valence-electron chi connectivity index (χ0n) is 9.47. The third kappa shape index (κ3) is 2.29. The van der Waals surface area contributed by atoms with Crippen LogP contribution < -0.4 is 5.32 Å². The number of nitrogens with one attached hydrogen (secondary N) is 1. The second kappa shape index (κ2) is 5.13. The fourth-order valence-electron chi connectivity index (χ4n) is 2.99. The molecule has 0 radical (unpaired) electrons. The van der Waals surface area contributed by atoms with E-state index in [-0.39, 0.29) is 0 Å². The summed E-state index contributed by atoms with van der Waals surface area (Å²) in [5.41, 5.74) is 0. The summed E-state index contributed by atoms with van der Waals surface area (Å²) in [7, 11) is 0. The second-order valence-corrected chi connectivity index (χ2v) is 4.84. The number of hydrogen-bond acceptors (Lipinski definition) is 2. The molecule has 0 aliphatic carbocycles. The number of rotatable bonds is 2. The van der Waals surface area contributed by atoms with Crippen LogP contribution in [-0.4, -0.2) is 37.1 Å². The van der Waals surface area contributed by atoms with Crippen molar-refractivity contribution in [3.05, 3.63) is 0 Å². The van der Waals surface area contributed by atoms with Gasteiger partial charge in [0, 0.05) is 12.6 Å². The summed E-state index contributed by atoms with van der Waals surface area (Å²) >= 11 is 0. The second-order valence-electron chi connectivity index (χ2n) is 4.84. The van der Waals surface area contributed by atoms with E-state index < -0.39 is 0 Å². The van der Waals surface area contributed by atoms with Gasteiger partial charge in [-0.3, -0.25) is 4.90 Å². The minimum Gasteiger partial charge on any atom is -0.315 e. The highest BCUT2D eigenvalue weighted by Crippen LogP contribution is 2.22. The summed E-state index contributed by atoms with van der Waals surface area (Å²) in [4.78, 5) is 2.75. The van der Waals surface area contributed by atoms with Crippen molar-refractivity contribution < 1.29 is 0 Å². The standard InChI is InChI=1S/C12H24N2/c1-2-11-9-13-10-12(11)14-7-5-3-4-6-8-14/h11-13H,2-10H2,1H3. The fraction of sp³-hybridized carbons (Fsp3) is 1.00. The quantitative estimate of drug-likeness (QED) is 0.725. The third-order valence-electron chi connectivity index (χ3n) is 3.94. The van der Waals surface area contributed by atoms with E-state index in [1.165, 1.54) is 58.3 Å². The van der Waals surface area contributed by atoms with Crippen LogP contribution in [0.25, 0.3) is 0 Å². The van der Waals surface area contributed by atoms with Crippen molar-refractivity contribution in [2.75, 3.05) is 26.2 Å². The van der Waals surface area contributed by atoms with Gasteiger partial charge in [-0.2, -0.15) is 0 Å². The Morgan fingerprint density at radius 2 is 1.79 bits per heavy atom. The SMILES string of the molecule is CCC1CNCC1N1CCCCCC1. The molecule has 0 saturated carbocycles. The molecule has 2 nitrogen and oxygen atoms in total. The van der Waals surface area contributed by atoms with Crippen LogP contribution in [0.15, 0.2) is 0 Å². The largest absolute Gasteiger partial charge is 0.315 e. The van der Waals surface area contributed by atoms with Crippen LogP contribution >= 0.6 is 0 Å². The van der Waals surface area contributed by atoms with E-state index in [0.717, 1.165) is 12.0 Å². The maximum atomic E-state index is 3.55. The normalized spacial score (nSPS) is 35.8. The Balaban J connectivity index is 1.91. The van der Waals surface area contributed by atoms with Gasteiger partial charge in [0.1, 0.15) is 0 Å². The van der Waals surface area contributed by atoms with Crippen molar-refractivity contribution >= 4 is 0 Å². The van der Waals surface area contributed by atoms with Gasteiger partial charge in [0.25, 0.3) is 0 Å². The van der Waals surface area contributed by atoms with E-state index in [0.29, 0.717) is 0 Å². The molecule has 2 heteroatoms. The molecule has 0 aromatic heterocycles. The first kappa shape index (κ1) is 10.4. The molecule has 2 saturated heterocycles. The molecule has 1 N–H and O–H groups in total. The topological polar surface area (TPSA) is 15.3 Å². The lowest BCUT2D eigenvalue weighted by Gasteiger charge is -2.30. The third-order valence-corrected chi connectivity index (χ3v) is 3.94. The van der Waals surface area contributed by atoms with Crippen LogP contribution in [0.1, 0.15) is 39.0 Å². The van der Waals surface area contributed by atoms with Crippen LogP contribution in [0.4, 0.5) is 0 Å². The van der Waals surface area contributed by atoms with Gasteiger partial charge >= 0.3 is 0 Å². The highest BCUT2D eigenvalue weighted by Gasteiger charge is 2.30. The Hall–Kier alpha value is -0.0800. The zero-order chi connectivity index (χ0) is 9.80. The first-order valence-corrected chi connectivity index (χ1v) is 6.36. The molecule has 2 fully saturated rings. The summed E-state index contributed by atoms with van der Waals surface area (Å²) < 4.78 is 0. The lowest BCUT2D eigenvalue weighted by Crippen LogP contribution is -2.41. The molecule has 0 spiro atoms. The van der Waals surface area contributed by atoms with E-state index in [2.05, 4.69) is 17.1 Å². The van der Waals surface area contributed by atoms with Crippen LogP contribution in [0.3, 0.4) is 0 Å². The van der Waals surface area contributed by atoms with Crippen LogP contribution in [0.2, 0.25) is 0 Å². The summed E-state index contributed by atoms with van der Waals surface area (Å²) in [5, 5.41) is 3.55. The molecule has 2 heterocycles. The van der Waals surface area contributed by atoms with Crippen LogP contribution in [-0.2, 0) is 0 Å². The molecular weight excluding hydrogens is 172 g/mol. The van der Waals surface area contributed by atoms with E-state index >= 15 is 0 Å². The zero-order valence-corrected chi connectivity index (χ0v) is 9.47. The summed E-state index contributed by atoms with van der Waals surface area (Å²) in [5.74, 6) is 0.910. The van der Waals surface area contributed by atoms with E-state index in [1.54, 1.807) is 0 Å². The molecule has 2 rings (SSSR count). The monoisotopic (exact) mass is 196 g/mol. The van der Waals surface area contributed by atoms with Crippen molar-refractivity contribution in [2.45, 2.75) is 45.1 Å². The summed E-state index contributed by atoms with van der Waals surface area (Å²) in [6, 6.07) is 0.845. The Morgan fingerprint density at radius 1 is 1.07 bits per heavy atom. The highest BCUT2D eigenvalue weighted by atomic mass is 15.2. The molecule has 0 aromatic carbocycles. The minimum absolute atomic E-state index is 0.845. The van der Waals surface area contributed by atoms with Gasteiger partial charge in [0.15, 0.2) is 0 Å². The first-order chi connectivity index (χ1) is 6.92. The molecule has 82 valence electrons. The van der Waals surface area contributed by atoms with Gasteiger partial charge in [-0.15, -0.1) is 0 Å². The molecule has 14 heavy (non-hydrogen) atoms. The number of hydrogen-bond donors (Lipinski definition) is 1. The Kier molecular flexibility index (Phi) is 3.82. The molecule has 0 amide bonds. The Bertz CT molecular complexity index is 162. The smallest absolute Gasteiger partial charge is 0.0260 e. The van der Waals surface area contributed by atoms with Gasteiger partial charge < -0.3 is 5.32 Å². The van der Waals surface area contributed by atoms with Crippen molar-refractivity contribution in [1.29, 1.82) is 0 Å². The van der Waals surface area contributed by atoms with E-state index in [1.807, 2.05) is 0 Å². The molecular formula is C12H24N2. The molecule has 2 aliphatic heterocycles. The first-order valence-electron chi connectivity index (χ1n) is 6.36. The van der Waals surface area contributed by atoms with Gasteiger partial charge in [-0.25, -0.2) is 0 Å². The van der Waals surface area contributed by atoms with Crippen molar-refractivity contribution in [3.8, 4) is 0 Å². The van der Waals surface area contributed by atoms with Gasteiger partial charge in [-0.05, 0) is 38.4 Å². The van der Waals surface area contributed by atoms with Gasteiger partial charge in [0.05, 0.1) is 0 Å². The van der Waals surface area contributed by atoms with Crippen molar-refractivity contribution in [2.24, 2.45) is 5.92 Å². The predicted octanol–water partition coefficient (Wildman–Crippen LogP) is 1.86. The summed E-state index contributed by atoms with van der Waals surface area (Å²) in [6.07, 6.45) is 7.09. The molecule has 2 unspecified atom stereocenters. The van der Waals surface area contributed by atoms with E-state index in [4.69, 9.17) is 0 Å². The molecule has 0 bridgehead atoms. The Labute approximate surface area is 88.1 Å². The predicted molar refractivity (Wildman–Crippen MR) is 60.5 cm³/mol. The van der Waals surface area contributed by atoms with Crippen LogP contribution in [0.5, 0.6) is 0 Å². The maximum absolute atomic E-state index is 3.55. The number of nitrogens with zero attached hydrogens (tertiary/aromatic N) is 1. The lowest BCUT2D eigenvalue weighted by atomic mass is 9.99. The average Bonchev–Trinajstić information content (AvgIpc) is 2.52. The lowest BCUT2D eigenvalue weighted by molar-refractivity contribution is 0.175. The fourth-order valence-corrected chi connectivity index (χ4v) is 2.99. The number of likely N-dealkylation sites (tertiary alicyclic amines) is 1. The van der Waals surface area contributed by atoms with E-state index in [9.17, 15) is 0 Å². The van der Waals surface area contributed by atoms with Crippen molar-refractivity contribution in [3.63, 3.8) is 0 Å². The molecule has 0 aromatic rings. The minimum atomic E-state index is 0.845.